The number of nitrogens with zero attached hydrogens (tertiary/aromatic N) is 6. The van der Waals surface area contributed by atoms with Gasteiger partial charge in [-0.2, -0.15) is 9.98 Å². The number of amidine groups is 1. The van der Waals surface area contributed by atoms with Gasteiger partial charge in [0.05, 0.1) is 12.6 Å². The van der Waals surface area contributed by atoms with E-state index in [1.54, 1.807) is 19.0 Å². The standard InChI is InChI=1S/C10H10N6O2/c1-16(2)5-12-10-14-8-7(9(18)15-10)13-6(4-17)3-11-8/h3-5,7H,1-2H3/b12-5+. The highest BCUT2D eigenvalue weighted by atomic mass is 16.2. The third-order valence-electron chi connectivity index (χ3n) is 2.04. The molecule has 8 nitrogen and oxygen atoms in total. The fourth-order valence-corrected chi connectivity index (χ4v) is 1.27. The Morgan fingerprint density at radius 1 is 1.39 bits per heavy atom. The fraction of sp³-hybridized carbons (Fsp3) is 0.300. The van der Waals surface area contributed by atoms with Gasteiger partial charge in [-0.05, 0) is 0 Å². The number of fused-ring (bicyclic) bond motifs is 1. The van der Waals surface area contributed by atoms with E-state index in [4.69, 9.17) is 0 Å². The van der Waals surface area contributed by atoms with E-state index in [1.165, 1.54) is 12.6 Å². The summed E-state index contributed by atoms with van der Waals surface area (Å²) in [5, 5.41) is 0. The second-order valence-corrected chi connectivity index (χ2v) is 3.76. The Hall–Kier alpha value is -2.51. The van der Waals surface area contributed by atoms with Gasteiger partial charge in [0.15, 0.2) is 18.2 Å². The second-order valence-electron chi connectivity index (χ2n) is 3.76. The van der Waals surface area contributed by atoms with Gasteiger partial charge in [-0.15, -0.1) is 0 Å². The van der Waals surface area contributed by atoms with Crippen LogP contribution in [0.3, 0.4) is 0 Å². The number of hydrogen-bond donors (Lipinski definition) is 0. The zero-order valence-electron chi connectivity index (χ0n) is 9.81. The van der Waals surface area contributed by atoms with Crippen LogP contribution in [0.15, 0.2) is 25.0 Å². The largest absolute Gasteiger partial charge is 0.369 e. The highest BCUT2D eigenvalue weighted by Crippen LogP contribution is 2.10. The van der Waals surface area contributed by atoms with Crippen molar-refractivity contribution in [3.05, 3.63) is 0 Å². The number of guanidine groups is 1. The van der Waals surface area contributed by atoms with Crippen molar-refractivity contribution < 1.29 is 9.59 Å². The SMILES string of the molecule is CN(C)/C=N/C1=NC(=O)C2N=C(C=O)C=NC2=N1. The molecule has 0 N–H and O–H groups in total. The molecule has 0 aliphatic carbocycles. The summed E-state index contributed by atoms with van der Waals surface area (Å²) in [6.45, 7) is 0. The monoisotopic (exact) mass is 246 g/mol. The van der Waals surface area contributed by atoms with Crippen LogP contribution in [0.25, 0.3) is 0 Å². The molecule has 92 valence electrons. The van der Waals surface area contributed by atoms with E-state index in [0.29, 0.717) is 6.29 Å². The first kappa shape index (κ1) is 12.0. The molecular formula is C10H10N6O2. The Labute approximate surface area is 103 Å². The Bertz CT molecular complexity index is 541. The minimum absolute atomic E-state index is 0.0295. The molecule has 18 heavy (non-hydrogen) atoms. The predicted octanol–water partition coefficient (Wildman–Crippen LogP) is -1.04. The van der Waals surface area contributed by atoms with Gasteiger partial charge in [0.25, 0.3) is 11.9 Å². The van der Waals surface area contributed by atoms with Crippen molar-refractivity contribution >= 4 is 42.3 Å². The summed E-state index contributed by atoms with van der Waals surface area (Å²) in [5.41, 5.74) is 0.0998. The minimum Gasteiger partial charge on any atom is -0.369 e. The third-order valence-corrected chi connectivity index (χ3v) is 2.04. The molecule has 0 aromatic rings. The first-order valence-electron chi connectivity index (χ1n) is 5.09. The van der Waals surface area contributed by atoms with Crippen LogP contribution in [0.5, 0.6) is 0 Å². The van der Waals surface area contributed by atoms with Crippen LogP contribution in [0.1, 0.15) is 0 Å². The van der Waals surface area contributed by atoms with Crippen molar-refractivity contribution in [3.63, 3.8) is 0 Å². The number of aldehydes is 1. The summed E-state index contributed by atoms with van der Waals surface area (Å²) in [5.74, 6) is -0.296. The first-order valence-corrected chi connectivity index (χ1v) is 5.09. The third kappa shape index (κ3) is 2.42. The molecule has 0 saturated carbocycles. The van der Waals surface area contributed by atoms with Gasteiger partial charge in [-0.3, -0.25) is 14.6 Å². The lowest BCUT2D eigenvalue weighted by Crippen LogP contribution is -2.35. The molecular weight excluding hydrogens is 236 g/mol. The number of amides is 1. The lowest BCUT2D eigenvalue weighted by molar-refractivity contribution is -0.117. The lowest BCUT2D eigenvalue weighted by atomic mass is 10.2. The van der Waals surface area contributed by atoms with Gasteiger partial charge in [-0.25, -0.2) is 9.98 Å². The molecule has 0 radical (unpaired) electrons. The highest BCUT2D eigenvalue weighted by molar-refractivity contribution is 6.56. The van der Waals surface area contributed by atoms with Gasteiger partial charge >= 0.3 is 0 Å². The molecule has 0 aromatic heterocycles. The van der Waals surface area contributed by atoms with E-state index in [2.05, 4.69) is 25.0 Å². The minimum atomic E-state index is -0.923. The number of carbonyl (C=O) groups excluding carboxylic acids is 2. The molecule has 8 heteroatoms. The zero-order chi connectivity index (χ0) is 13.1. The van der Waals surface area contributed by atoms with E-state index >= 15 is 0 Å². The van der Waals surface area contributed by atoms with Crippen LogP contribution in [0.4, 0.5) is 0 Å². The molecule has 0 aromatic carbocycles. The number of hydrogen-bond acceptors (Lipinski definition) is 6. The molecule has 1 unspecified atom stereocenters. The van der Waals surface area contributed by atoms with E-state index < -0.39 is 11.9 Å². The maximum atomic E-state index is 11.7. The zero-order valence-corrected chi connectivity index (χ0v) is 9.81. The van der Waals surface area contributed by atoms with Crippen molar-refractivity contribution in [3.8, 4) is 0 Å². The summed E-state index contributed by atoms with van der Waals surface area (Å²) in [6.07, 6.45) is 3.26. The van der Waals surface area contributed by atoms with E-state index in [9.17, 15) is 9.59 Å². The molecule has 0 fully saturated rings. The Balaban J connectivity index is 2.27. The van der Waals surface area contributed by atoms with Crippen LogP contribution in [-0.2, 0) is 9.59 Å². The predicted molar refractivity (Wildman–Crippen MR) is 67.8 cm³/mol. The first-order chi connectivity index (χ1) is 8.60. The smallest absolute Gasteiger partial charge is 0.281 e. The van der Waals surface area contributed by atoms with Gasteiger partial charge in [-0.1, -0.05) is 0 Å². The lowest BCUT2D eigenvalue weighted by Gasteiger charge is -2.15. The Morgan fingerprint density at radius 3 is 2.83 bits per heavy atom. The van der Waals surface area contributed by atoms with Crippen LogP contribution in [0.2, 0.25) is 0 Å². The van der Waals surface area contributed by atoms with Crippen LogP contribution < -0.4 is 0 Å². The highest BCUT2D eigenvalue weighted by Gasteiger charge is 2.30. The maximum absolute atomic E-state index is 11.7. The molecule has 2 rings (SSSR count). The summed E-state index contributed by atoms with van der Waals surface area (Å²) in [4.78, 5) is 43.3. The fourth-order valence-electron chi connectivity index (χ4n) is 1.27. The molecule has 0 bridgehead atoms. The van der Waals surface area contributed by atoms with Gasteiger partial charge < -0.3 is 4.90 Å². The molecule has 1 amide bonds. The van der Waals surface area contributed by atoms with Crippen molar-refractivity contribution in [2.24, 2.45) is 25.0 Å². The van der Waals surface area contributed by atoms with Crippen LogP contribution >= 0.6 is 0 Å². The maximum Gasteiger partial charge on any atom is 0.281 e. The second kappa shape index (κ2) is 4.78. The quantitative estimate of drug-likeness (QED) is 0.353. The molecule has 1 atom stereocenters. The summed E-state index contributed by atoms with van der Waals surface area (Å²) < 4.78 is 0. The van der Waals surface area contributed by atoms with Crippen molar-refractivity contribution in [2.75, 3.05) is 14.1 Å². The van der Waals surface area contributed by atoms with E-state index in [-0.39, 0.29) is 17.5 Å². The average molecular weight is 246 g/mol. The Morgan fingerprint density at radius 2 is 2.17 bits per heavy atom. The number of rotatable bonds is 2. The van der Waals surface area contributed by atoms with Crippen molar-refractivity contribution in [1.29, 1.82) is 0 Å². The molecule has 0 saturated heterocycles. The molecule has 2 aliphatic rings. The molecule has 0 spiro atoms. The van der Waals surface area contributed by atoms with Crippen LogP contribution in [0, 0.1) is 0 Å². The summed E-state index contributed by atoms with van der Waals surface area (Å²) in [6, 6.07) is -0.923. The van der Waals surface area contributed by atoms with Gasteiger partial charge in [0.1, 0.15) is 5.71 Å². The Kier molecular flexibility index (Phi) is 3.18. The van der Waals surface area contributed by atoms with E-state index in [0.717, 1.165) is 0 Å². The molecule has 2 aliphatic heterocycles. The van der Waals surface area contributed by atoms with Gasteiger partial charge in [0, 0.05) is 14.1 Å². The number of aliphatic imine (C=N–C) groups is 5. The normalized spacial score (nSPS) is 22.2. The van der Waals surface area contributed by atoms with Crippen LogP contribution in [-0.4, -0.2) is 67.3 Å². The number of carbonyl (C=O) groups is 2. The average Bonchev–Trinajstić information content (AvgIpc) is 2.36. The van der Waals surface area contributed by atoms with Crippen molar-refractivity contribution in [1.82, 2.24) is 4.90 Å². The van der Waals surface area contributed by atoms with E-state index in [1.807, 2.05) is 0 Å². The summed E-state index contributed by atoms with van der Waals surface area (Å²) >= 11 is 0. The molecule has 2 heterocycles. The summed E-state index contributed by atoms with van der Waals surface area (Å²) in [7, 11) is 3.56. The van der Waals surface area contributed by atoms with Crippen molar-refractivity contribution in [2.45, 2.75) is 6.04 Å². The van der Waals surface area contributed by atoms with Gasteiger partial charge in [0.2, 0.25) is 0 Å². The topological polar surface area (TPSA) is 99.2 Å².